The smallest absolute Gasteiger partial charge is 0.0159 e. The Hall–Kier alpha value is -0.780. The fourth-order valence-corrected chi connectivity index (χ4v) is 2.62. The Labute approximate surface area is 87.3 Å². The Balaban J connectivity index is 2.12. The van der Waals surface area contributed by atoms with Gasteiger partial charge >= 0.3 is 0 Å². The van der Waals surface area contributed by atoms with Gasteiger partial charge < -0.3 is 0 Å². The van der Waals surface area contributed by atoms with E-state index in [0.29, 0.717) is 0 Å². The highest BCUT2D eigenvalue weighted by atomic mass is 14.2. The first-order valence-electron chi connectivity index (χ1n) is 5.83. The van der Waals surface area contributed by atoms with E-state index in [-0.39, 0.29) is 0 Å². The molecule has 2 rings (SSSR count). The maximum atomic E-state index is 2.38. The van der Waals surface area contributed by atoms with E-state index in [1.54, 1.807) is 5.56 Å². The van der Waals surface area contributed by atoms with Crippen LogP contribution in [0.4, 0.5) is 0 Å². The maximum Gasteiger partial charge on any atom is -0.0159 e. The van der Waals surface area contributed by atoms with Gasteiger partial charge in [-0.1, -0.05) is 44.0 Å². The standard InChI is InChI=1S/C14H20/c1-11-7-9-13(10-8-11)14-6-4-3-5-12(14)2/h3-6,11,13H,7-10H2,1-2H3. The van der Waals surface area contributed by atoms with Gasteiger partial charge in [-0.25, -0.2) is 0 Å². The summed E-state index contributed by atoms with van der Waals surface area (Å²) in [6.07, 6.45) is 5.62. The van der Waals surface area contributed by atoms with Gasteiger partial charge in [-0.3, -0.25) is 0 Å². The summed E-state index contributed by atoms with van der Waals surface area (Å²) >= 11 is 0. The molecule has 1 aromatic rings. The van der Waals surface area contributed by atoms with Crippen molar-refractivity contribution in [2.45, 2.75) is 45.4 Å². The van der Waals surface area contributed by atoms with Crippen molar-refractivity contribution >= 4 is 0 Å². The summed E-state index contributed by atoms with van der Waals surface area (Å²) in [5, 5.41) is 0. The van der Waals surface area contributed by atoms with Crippen LogP contribution in [0.25, 0.3) is 0 Å². The normalized spacial score (nSPS) is 27.6. The first kappa shape index (κ1) is 9.76. The molecule has 1 saturated carbocycles. The molecule has 0 aliphatic heterocycles. The largest absolute Gasteiger partial charge is 0.0625 e. The second kappa shape index (κ2) is 4.16. The minimum Gasteiger partial charge on any atom is -0.0625 e. The van der Waals surface area contributed by atoms with Crippen molar-refractivity contribution < 1.29 is 0 Å². The van der Waals surface area contributed by atoms with Crippen LogP contribution in [-0.4, -0.2) is 0 Å². The number of hydrogen-bond donors (Lipinski definition) is 0. The minimum atomic E-state index is 0.840. The summed E-state index contributed by atoms with van der Waals surface area (Å²) < 4.78 is 0. The lowest BCUT2D eigenvalue weighted by atomic mass is 9.78. The van der Waals surface area contributed by atoms with Crippen LogP contribution in [0.1, 0.15) is 49.7 Å². The third-order valence-corrected chi connectivity index (χ3v) is 3.64. The average Bonchev–Trinajstić information content (AvgIpc) is 2.20. The highest BCUT2D eigenvalue weighted by Gasteiger charge is 2.20. The molecule has 0 spiro atoms. The molecule has 0 saturated heterocycles. The number of hydrogen-bond acceptors (Lipinski definition) is 0. The topological polar surface area (TPSA) is 0 Å². The summed E-state index contributed by atoms with van der Waals surface area (Å²) in [7, 11) is 0. The molecule has 0 nitrogen and oxygen atoms in total. The molecule has 1 aliphatic rings. The molecule has 0 atom stereocenters. The summed E-state index contributed by atoms with van der Waals surface area (Å²) in [6, 6.07) is 8.88. The fraction of sp³-hybridized carbons (Fsp3) is 0.571. The SMILES string of the molecule is Cc1ccccc1C1CCC(C)CC1. The summed E-state index contributed by atoms with van der Waals surface area (Å²) in [5.74, 6) is 1.79. The highest BCUT2D eigenvalue weighted by molar-refractivity contribution is 5.29. The molecule has 0 heteroatoms. The zero-order chi connectivity index (χ0) is 9.97. The summed E-state index contributed by atoms with van der Waals surface area (Å²) in [5.41, 5.74) is 3.08. The van der Waals surface area contributed by atoms with Crippen LogP contribution in [0.5, 0.6) is 0 Å². The molecule has 14 heavy (non-hydrogen) atoms. The van der Waals surface area contributed by atoms with Crippen LogP contribution in [-0.2, 0) is 0 Å². The van der Waals surface area contributed by atoms with Crippen molar-refractivity contribution in [3.63, 3.8) is 0 Å². The van der Waals surface area contributed by atoms with E-state index in [2.05, 4.69) is 38.1 Å². The van der Waals surface area contributed by atoms with Crippen LogP contribution in [0.3, 0.4) is 0 Å². The van der Waals surface area contributed by atoms with Crippen molar-refractivity contribution in [1.29, 1.82) is 0 Å². The first-order chi connectivity index (χ1) is 6.77. The second-order valence-electron chi connectivity index (χ2n) is 4.81. The highest BCUT2D eigenvalue weighted by Crippen LogP contribution is 2.36. The van der Waals surface area contributed by atoms with E-state index in [9.17, 15) is 0 Å². The van der Waals surface area contributed by atoms with Crippen LogP contribution in [0.15, 0.2) is 24.3 Å². The Morgan fingerprint density at radius 1 is 1.00 bits per heavy atom. The van der Waals surface area contributed by atoms with E-state index in [4.69, 9.17) is 0 Å². The van der Waals surface area contributed by atoms with Crippen LogP contribution < -0.4 is 0 Å². The molecule has 1 aromatic carbocycles. The van der Waals surface area contributed by atoms with Crippen LogP contribution >= 0.6 is 0 Å². The molecule has 0 aromatic heterocycles. The zero-order valence-electron chi connectivity index (χ0n) is 9.29. The zero-order valence-corrected chi connectivity index (χ0v) is 9.29. The molecular weight excluding hydrogens is 168 g/mol. The molecule has 76 valence electrons. The average molecular weight is 188 g/mol. The third-order valence-electron chi connectivity index (χ3n) is 3.64. The molecule has 0 bridgehead atoms. The predicted molar refractivity (Wildman–Crippen MR) is 61.6 cm³/mol. The lowest BCUT2D eigenvalue weighted by Gasteiger charge is -2.27. The number of aryl methyl sites for hydroxylation is 1. The molecule has 0 N–H and O–H groups in total. The van der Waals surface area contributed by atoms with Crippen molar-refractivity contribution in [1.82, 2.24) is 0 Å². The van der Waals surface area contributed by atoms with Gasteiger partial charge in [0.15, 0.2) is 0 Å². The Morgan fingerprint density at radius 3 is 2.29 bits per heavy atom. The monoisotopic (exact) mass is 188 g/mol. The Bertz CT molecular complexity index is 293. The van der Waals surface area contributed by atoms with Crippen LogP contribution in [0.2, 0.25) is 0 Å². The Kier molecular flexibility index (Phi) is 2.90. The summed E-state index contributed by atoms with van der Waals surface area (Å²) in [6.45, 7) is 4.63. The predicted octanol–water partition coefficient (Wildman–Crippen LogP) is 4.29. The number of rotatable bonds is 1. The van der Waals surface area contributed by atoms with E-state index < -0.39 is 0 Å². The van der Waals surface area contributed by atoms with Gasteiger partial charge in [0.25, 0.3) is 0 Å². The fourth-order valence-electron chi connectivity index (χ4n) is 2.62. The van der Waals surface area contributed by atoms with Gasteiger partial charge in [-0.2, -0.15) is 0 Å². The minimum absolute atomic E-state index is 0.840. The third kappa shape index (κ3) is 2.00. The number of benzene rings is 1. The van der Waals surface area contributed by atoms with E-state index in [1.165, 1.54) is 31.2 Å². The molecule has 0 heterocycles. The molecule has 0 unspecified atom stereocenters. The van der Waals surface area contributed by atoms with Crippen molar-refractivity contribution in [2.75, 3.05) is 0 Å². The van der Waals surface area contributed by atoms with Crippen molar-refractivity contribution in [2.24, 2.45) is 5.92 Å². The molecule has 0 radical (unpaired) electrons. The van der Waals surface area contributed by atoms with Gasteiger partial charge in [0.05, 0.1) is 0 Å². The van der Waals surface area contributed by atoms with Gasteiger partial charge in [-0.15, -0.1) is 0 Å². The van der Waals surface area contributed by atoms with E-state index in [1.807, 2.05) is 0 Å². The molecular formula is C14H20. The van der Waals surface area contributed by atoms with Gasteiger partial charge in [0.2, 0.25) is 0 Å². The van der Waals surface area contributed by atoms with Crippen molar-refractivity contribution in [3.8, 4) is 0 Å². The first-order valence-corrected chi connectivity index (χ1v) is 5.83. The van der Waals surface area contributed by atoms with Crippen LogP contribution in [0, 0.1) is 12.8 Å². The van der Waals surface area contributed by atoms with Gasteiger partial charge in [0, 0.05) is 0 Å². The lowest BCUT2D eigenvalue weighted by Crippen LogP contribution is -2.11. The summed E-state index contributed by atoms with van der Waals surface area (Å²) in [4.78, 5) is 0. The van der Waals surface area contributed by atoms with Gasteiger partial charge in [-0.05, 0) is 42.7 Å². The van der Waals surface area contributed by atoms with Gasteiger partial charge in [0.1, 0.15) is 0 Å². The molecule has 1 fully saturated rings. The molecule has 1 aliphatic carbocycles. The van der Waals surface area contributed by atoms with E-state index in [0.717, 1.165) is 11.8 Å². The second-order valence-corrected chi connectivity index (χ2v) is 4.81. The Morgan fingerprint density at radius 2 is 1.64 bits per heavy atom. The van der Waals surface area contributed by atoms with E-state index >= 15 is 0 Å². The lowest BCUT2D eigenvalue weighted by molar-refractivity contribution is 0.347. The molecule has 0 amide bonds. The quantitative estimate of drug-likeness (QED) is 0.616. The maximum absolute atomic E-state index is 2.38. The van der Waals surface area contributed by atoms with Crippen molar-refractivity contribution in [3.05, 3.63) is 35.4 Å².